The number of nitrogens with zero attached hydrogens (tertiary/aromatic N) is 1. The number of rotatable bonds is 2. The smallest absolute Gasteiger partial charge is 0.0603 e. The fourth-order valence-electron chi connectivity index (χ4n) is 0.975. The molecule has 0 unspecified atom stereocenters. The van der Waals surface area contributed by atoms with Gasteiger partial charge >= 0.3 is 0 Å². The van der Waals surface area contributed by atoms with Crippen LogP contribution in [0.4, 0.5) is 0 Å². The van der Waals surface area contributed by atoms with Gasteiger partial charge in [0.15, 0.2) is 0 Å². The molecule has 11 heavy (non-hydrogen) atoms. The Labute approximate surface area is 68.4 Å². The van der Waals surface area contributed by atoms with Crippen LogP contribution in [0.5, 0.6) is 0 Å². The molecule has 0 radical (unpaired) electrons. The first-order chi connectivity index (χ1) is 5.17. The Morgan fingerprint density at radius 3 is 2.09 bits per heavy atom. The maximum atomic E-state index is 4.29. The minimum atomic E-state index is -0.0404. The quantitative estimate of drug-likeness (QED) is 0.612. The van der Waals surface area contributed by atoms with E-state index in [4.69, 9.17) is 0 Å². The third-order valence-electron chi connectivity index (χ3n) is 2.04. The van der Waals surface area contributed by atoms with E-state index in [1.807, 2.05) is 25.2 Å². The summed E-state index contributed by atoms with van der Waals surface area (Å²) in [6, 6.07) is 10.3. The average Bonchev–Trinajstić information content (AvgIpc) is 2.06. The molecule has 1 heteroatoms. The highest BCUT2D eigenvalue weighted by Crippen LogP contribution is 2.26. The van der Waals surface area contributed by atoms with Crippen LogP contribution in [0.25, 0.3) is 5.32 Å². The first-order valence-corrected chi connectivity index (χ1v) is 3.83. The van der Waals surface area contributed by atoms with Gasteiger partial charge in [-0.1, -0.05) is 49.7 Å². The third kappa shape index (κ3) is 1.81. The highest BCUT2D eigenvalue weighted by atomic mass is 14.9. The van der Waals surface area contributed by atoms with Crippen molar-refractivity contribution < 1.29 is 0 Å². The van der Waals surface area contributed by atoms with Crippen LogP contribution in [0, 0.1) is 0 Å². The SMILES string of the molecule is C[N-]C(C)(C)c1ccccc1. The first kappa shape index (κ1) is 8.28. The lowest BCUT2D eigenvalue weighted by Crippen LogP contribution is -2.13. The van der Waals surface area contributed by atoms with Gasteiger partial charge in [-0.3, -0.25) is 0 Å². The highest BCUT2D eigenvalue weighted by molar-refractivity contribution is 5.27. The van der Waals surface area contributed by atoms with Crippen LogP contribution in [-0.2, 0) is 5.54 Å². The van der Waals surface area contributed by atoms with E-state index in [9.17, 15) is 0 Å². The third-order valence-corrected chi connectivity index (χ3v) is 2.04. The summed E-state index contributed by atoms with van der Waals surface area (Å²) in [7, 11) is 1.85. The summed E-state index contributed by atoms with van der Waals surface area (Å²) < 4.78 is 0. The normalized spacial score (nSPS) is 11.5. The van der Waals surface area contributed by atoms with E-state index in [1.54, 1.807) is 0 Å². The summed E-state index contributed by atoms with van der Waals surface area (Å²) in [4.78, 5) is 0. The predicted molar refractivity (Wildman–Crippen MR) is 48.8 cm³/mol. The molecule has 1 aromatic carbocycles. The van der Waals surface area contributed by atoms with Gasteiger partial charge in [-0.05, 0) is 0 Å². The maximum Gasteiger partial charge on any atom is -0.0603 e. The number of hydrogen-bond donors (Lipinski definition) is 0. The summed E-state index contributed by atoms with van der Waals surface area (Å²) >= 11 is 0. The Morgan fingerprint density at radius 2 is 1.64 bits per heavy atom. The van der Waals surface area contributed by atoms with Gasteiger partial charge in [0.25, 0.3) is 0 Å². The van der Waals surface area contributed by atoms with Crippen molar-refractivity contribution in [3.8, 4) is 0 Å². The zero-order chi connectivity index (χ0) is 8.32. The minimum Gasteiger partial charge on any atom is -0.656 e. The molecule has 0 saturated carbocycles. The van der Waals surface area contributed by atoms with E-state index < -0.39 is 0 Å². The van der Waals surface area contributed by atoms with Gasteiger partial charge in [0.2, 0.25) is 0 Å². The van der Waals surface area contributed by atoms with Gasteiger partial charge in [-0.15, -0.1) is 5.54 Å². The van der Waals surface area contributed by atoms with Crippen molar-refractivity contribution in [3.05, 3.63) is 41.2 Å². The van der Waals surface area contributed by atoms with Crippen molar-refractivity contribution in [1.29, 1.82) is 0 Å². The summed E-state index contributed by atoms with van der Waals surface area (Å²) in [6.07, 6.45) is 0. The van der Waals surface area contributed by atoms with Crippen molar-refractivity contribution in [2.45, 2.75) is 19.4 Å². The Bertz CT molecular complexity index is 214. The molecule has 0 saturated heterocycles. The van der Waals surface area contributed by atoms with Crippen LogP contribution in [0.3, 0.4) is 0 Å². The molecule has 1 nitrogen and oxygen atoms in total. The molecule has 1 rings (SSSR count). The molecule has 0 amide bonds. The summed E-state index contributed by atoms with van der Waals surface area (Å²) in [5, 5.41) is 4.29. The molecule has 0 fully saturated rings. The summed E-state index contributed by atoms with van der Waals surface area (Å²) in [6.45, 7) is 4.23. The maximum absolute atomic E-state index is 4.29. The van der Waals surface area contributed by atoms with Crippen molar-refractivity contribution in [2.24, 2.45) is 0 Å². The van der Waals surface area contributed by atoms with Crippen LogP contribution in [0.15, 0.2) is 30.3 Å². The molecule has 0 heterocycles. The minimum absolute atomic E-state index is 0.0404. The Morgan fingerprint density at radius 1 is 1.09 bits per heavy atom. The highest BCUT2D eigenvalue weighted by Gasteiger charge is 2.05. The van der Waals surface area contributed by atoms with E-state index >= 15 is 0 Å². The van der Waals surface area contributed by atoms with Crippen LogP contribution in [-0.4, -0.2) is 7.05 Å². The molecule has 1 aromatic rings. The summed E-state index contributed by atoms with van der Waals surface area (Å²) in [5.41, 5.74) is 1.23. The van der Waals surface area contributed by atoms with Gasteiger partial charge < -0.3 is 5.32 Å². The lowest BCUT2D eigenvalue weighted by atomic mass is 9.95. The molecular weight excluding hydrogens is 134 g/mol. The zero-order valence-corrected chi connectivity index (χ0v) is 7.33. The van der Waals surface area contributed by atoms with Crippen LogP contribution < -0.4 is 0 Å². The molecule has 0 aromatic heterocycles. The Hall–Kier alpha value is -0.820. The molecule has 0 bridgehead atoms. The van der Waals surface area contributed by atoms with E-state index in [-0.39, 0.29) is 5.54 Å². The topological polar surface area (TPSA) is 14.1 Å². The molecule has 0 aliphatic heterocycles. The fraction of sp³-hybridized carbons (Fsp3) is 0.400. The van der Waals surface area contributed by atoms with Gasteiger partial charge in [0.05, 0.1) is 0 Å². The zero-order valence-electron chi connectivity index (χ0n) is 7.33. The average molecular weight is 148 g/mol. The monoisotopic (exact) mass is 148 g/mol. The fourth-order valence-corrected chi connectivity index (χ4v) is 0.975. The standard InChI is InChI=1S/C10H14N/c1-10(2,11-3)9-7-5-4-6-8-9/h4-8H,1-3H3/q-1. The van der Waals surface area contributed by atoms with Gasteiger partial charge in [0.1, 0.15) is 0 Å². The largest absolute Gasteiger partial charge is 0.656 e. The van der Waals surface area contributed by atoms with Crippen LogP contribution in [0.2, 0.25) is 0 Å². The Kier molecular flexibility index (Phi) is 2.30. The van der Waals surface area contributed by atoms with Crippen molar-refractivity contribution >= 4 is 0 Å². The van der Waals surface area contributed by atoms with E-state index in [2.05, 4.69) is 31.3 Å². The van der Waals surface area contributed by atoms with Crippen molar-refractivity contribution in [1.82, 2.24) is 0 Å². The van der Waals surface area contributed by atoms with E-state index in [0.717, 1.165) is 0 Å². The second kappa shape index (κ2) is 3.05. The molecule has 0 N–H and O–H groups in total. The second-order valence-corrected chi connectivity index (χ2v) is 3.15. The van der Waals surface area contributed by atoms with E-state index in [0.29, 0.717) is 0 Å². The van der Waals surface area contributed by atoms with Crippen LogP contribution in [0.1, 0.15) is 19.4 Å². The van der Waals surface area contributed by atoms with Crippen LogP contribution >= 0.6 is 0 Å². The Balaban J connectivity index is 2.93. The number of hydrogen-bond acceptors (Lipinski definition) is 0. The second-order valence-electron chi connectivity index (χ2n) is 3.15. The molecule has 0 aliphatic rings. The lowest BCUT2D eigenvalue weighted by Gasteiger charge is -2.38. The summed E-state index contributed by atoms with van der Waals surface area (Å²) in [5.74, 6) is 0. The molecular formula is C10H14N-. The van der Waals surface area contributed by atoms with Crippen molar-refractivity contribution in [3.63, 3.8) is 0 Å². The van der Waals surface area contributed by atoms with E-state index in [1.165, 1.54) is 5.56 Å². The van der Waals surface area contributed by atoms with Gasteiger partial charge in [-0.2, -0.15) is 7.05 Å². The molecule has 0 aliphatic carbocycles. The van der Waals surface area contributed by atoms with Gasteiger partial charge in [0, 0.05) is 0 Å². The molecule has 60 valence electrons. The molecule has 0 spiro atoms. The van der Waals surface area contributed by atoms with Gasteiger partial charge in [-0.25, -0.2) is 0 Å². The number of benzene rings is 1. The first-order valence-electron chi connectivity index (χ1n) is 3.83. The lowest BCUT2D eigenvalue weighted by molar-refractivity contribution is 0.634. The predicted octanol–water partition coefficient (Wildman–Crippen LogP) is 2.93. The molecule has 0 atom stereocenters. The van der Waals surface area contributed by atoms with Crippen molar-refractivity contribution in [2.75, 3.05) is 7.05 Å².